The number of aryl methyl sites for hydroxylation is 1. The Bertz CT molecular complexity index is 659. The fourth-order valence-corrected chi connectivity index (χ4v) is 3.45. The molecule has 0 unspecified atom stereocenters. The van der Waals surface area contributed by atoms with E-state index in [2.05, 4.69) is 15.2 Å². The van der Waals surface area contributed by atoms with Gasteiger partial charge < -0.3 is 14.8 Å². The van der Waals surface area contributed by atoms with Crippen molar-refractivity contribution in [2.24, 2.45) is 7.05 Å². The summed E-state index contributed by atoms with van der Waals surface area (Å²) in [5, 5.41) is 3.18. The van der Waals surface area contributed by atoms with Gasteiger partial charge in [-0.3, -0.25) is 4.79 Å². The van der Waals surface area contributed by atoms with Crippen LogP contribution in [0, 0.1) is 0 Å². The Labute approximate surface area is 150 Å². The summed E-state index contributed by atoms with van der Waals surface area (Å²) in [5.74, 6) is 0.940. The lowest BCUT2D eigenvalue weighted by molar-refractivity contribution is -0.122. The van der Waals surface area contributed by atoms with Crippen LogP contribution in [0.25, 0.3) is 0 Å². The summed E-state index contributed by atoms with van der Waals surface area (Å²) in [7, 11) is 1.96. The van der Waals surface area contributed by atoms with E-state index in [1.165, 1.54) is 25.7 Å². The van der Waals surface area contributed by atoms with Gasteiger partial charge in [0.05, 0.1) is 0 Å². The number of nitrogens with zero attached hydrogens (tertiary/aromatic N) is 3. The van der Waals surface area contributed by atoms with Gasteiger partial charge in [-0.15, -0.1) is 0 Å². The third-order valence-electron chi connectivity index (χ3n) is 4.91. The Balaban J connectivity index is 1.64. The van der Waals surface area contributed by atoms with Crippen LogP contribution in [-0.2, 0) is 11.8 Å². The monoisotopic (exact) mass is 340 g/mol. The zero-order valence-corrected chi connectivity index (χ0v) is 15.0. The van der Waals surface area contributed by atoms with Gasteiger partial charge in [-0.1, -0.05) is 43.2 Å². The number of benzene rings is 1. The van der Waals surface area contributed by atoms with Crippen LogP contribution >= 0.6 is 0 Å². The van der Waals surface area contributed by atoms with Crippen LogP contribution < -0.4 is 5.32 Å². The average Bonchev–Trinajstić information content (AvgIpc) is 2.89. The molecule has 1 aliphatic rings. The molecule has 2 heterocycles. The number of imidazole rings is 1. The van der Waals surface area contributed by atoms with Crippen molar-refractivity contribution in [1.82, 2.24) is 19.8 Å². The molecule has 0 aliphatic carbocycles. The van der Waals surface area contributed by atoms with Crippen LogP contribution in [0.15, 0.2) is 42.7 Å². The summed E-state index contributed by atoms with van der Waals surface area (Å²) in [6.07, 6.45) is 9.36. The van der Waals surface area contributed by atoms with E-state index in [4.69, 9.17) is 0 Å². The van der Waals surface area contributed by atoms with Crippen molar-refractivity contribution < 1.29 is 4.79 Å². The highest BCUT2D eigenvalue weighted by Gasteiger charge is 2.21. The van der Waals surface area contributed by atoms with Crippen LogP contribution in [0.1, 0.15) is 49.5 Å². The van der Waals surface area contributed by atoms with E-state index < -0.39 is 0 Å². The maximum Gasteiger partial charge on any atom is 0.222 e. The third kappa shape index (κ3) is 4.92. The van der Waals surface area contributed by atoms with Gasteiger partial charge in [-0.25, -0.2) is 4.98 Å². The van der Waals surface area contributed by atoms with Gasteiger partial charge >= 0.3 is 0 Å². The predicted molar refractivity (Wildman–Crippen MR) is 99.2 cm³/mol. The first-order valence-corrected chi connectivity index (χ1v) is 9.28. The molecule has 1 amide bonds. The van der Waals surface area contributed by atoms with E-state index in [-0.39, 0.29) is 11.9 Å². The average molecular weight is 340 g/mol. The number of carbonyl (C=O) groups is 1. The van der Waals surface area contributed by atoms with E-state index in [1.54, 1.807) is 6.20 Å². The molecule has 1 aromatic heterocycles. The Morgan fingerprint density at radius 1 is 1.16 bits per heavy atom. The topological polar surface area (TPSA) is 50.2 Å². The second kappa shape index (κ2) is 8.81. The molecule has 0 saturated carbocycles. The van der Waals surface area contributed by atoms with Crippen molar-refractivity contribution >= 4 is 5.91 Å². The quantitative estimate of drug-likeness (QED) is 0.880. The van der Waals surface area contributed by atoms with Gasteiger partial charge in [0.2, 0.25) is 5.91 Å². The normalized spacial score (nSPS) is 17.0. The number of aromatic nitrogens is 2. The van der Waals surface area contributed by atoms with Gasteiger partial charge in [0.1, 0.15) is 11.9 Å². The second-order valence-corrected chi connectivity index (χ2v) is 6.81. The molecule has 1 saturated heterocycles. The van der Waals surface area contributed by atoms with E-state index in [0.29, 0.717) is 6.42 Å². The fraction of sp³-hybridized carbons (Fsp3) is 0.500. The highest BCUT2D eigenvalue weighted by molar-refractivity contribution is 5.77. The molecule has 1 aromatic carbocycles. The van der Waals surface area contributed by atoms with Gasteiger partial charge in [-0.2, -0.15) is 0 Å². The number of rotatable bonds is 6. The minimum Gasteiger partial charge on any atom is -0.342 e. The largest absolute Gasteiger partial charge is 0.342 e. The smallest absolute Gasteiger partial charge is 0.222 e. The molecule has 0 spiro atoms. The van der Waals surface area contributed by atoms with E-state index >= 15 is 0 Å². The van der Waals surface area contributed by atoms with Crippen LogP contribution in [0.3, 0.4) is 0 Å². The predicted octanol–water partition coefficient (Wildman–Crippen LogP) is 2.89. The minimum absolute atomic E-state index is 0.0844. The molecule has 0 radical (unpaired) electrons. The lowest BCUT2D eigenvalue weighted by atomic mass is 10.1. The summed E-state index contributed by atoms with van der Waals surface area (Å²) in [5.41, 5.74) is 1.06. The summed E-state index contributed by atoms with van der Waals surface area (Å²) in [4.78, 5) is 19.5. The molecule has 0 bridgehead atoms. The first kappa shape index (κ1) is 17.7. The SMILES string of the molecule is Cn1ccnc1[C@H](NC(=O)CCN1CCCCCC1)c1ccccc1. The van der Waals surface area contributed by atoms with Gasteiger partial charge in [-0.05, 0) is 31.5 Å². The van der Waals surface area contributed by atoms with Crippen molar-refractivity contribution in [3.05, 3.63) is 54.1 Å². The summed E-state index contributed by atoms with van der Waals surface area (Å²) >= 11 is 0. The Morgan fingerprint density at radius 2 is 1.88 bits per heavy atom. The Morgan fingerprint density at radius 3 is 2.52 bits per heavy atom. The molecular weight excluding hydrogens is 312 g/mol. The molecule has 1 atom stereocenters. The van der Waals surface area contributed by atoms with Crippen molar-refractivity contribution in [2.45, 2.75) is 38.1 Å². The van der Waals surface area contributed by atoms with E-state index in [0.717, 1.165) is 31.0 Å². The van der Waals surface area contributed by atoms with E-state index in [1.807, 2.05) is 48.1 Å². The molecule has 3 rings (SSSR count). The molecule has 2 aromatic rings. The van der Waals surface area contributed by atoms with Crippen molar-refractivity contribution in [3.63, 3.8) is 0 Å². The molecule has 1 aliphatic heterocycles. The maximum absolute atomic E-state index is 12.6. The van der Waals surface area contributed by atoms with Crippen molar-refractivity contribution in [3.8, 4) is 0 Å². The van der Waals surface area contributed by atoms with Gasteiger partial charge in [0, 0.05) is 32.4 Å². The lowest BCUT2D eigenvalue weighted by Gasteiger charge is -2.22. The Hall–Kier alpha value is -2.14. The highest BCUT2D eigenvalue weighted by atomic mass is 16.1. The first-order chi connectivity index (χ1) is 12.2. The first-order valence-electron chi connectivity index (χ1n) is 9.28. The van der Waals surface area contributed by atoms with Crippen LogP contribution in [-0.4, -0.2) is 40.0 Å². The number of hydrogen-bond donors (Lipinski definition) is 1. The number of nitrogens with one attached hydrogen (secondary N) is 1. The zero-order valence-electron chi connectivity index (χ0n) is 15.0. The van der Waals surface area contributed by atoms with E-state index in [9.17, 15) is 4.79 Å². The summed E-state index contributed by atoms with van der Waals surface area (Å²) < 4.78 is 1.97. The standard InChI is InChI=1S/C20H28N4O/c1-23-16-12-21-20(23)19(17-9-5-4-6-10-17)22-18(25)11-15-24-13-7-2-3-8-14-24/h4-6,9-10,12,16,19H,2-3,7-8,11,13-15H2,1H3,(H,22,25)/t19-/m1/s1. The number of amides is 1. The molecule has 134 valence electrons. The highest BCUT2D eigenvalue weighted by Crippen LogP contribution is 2.20. The van der Waals surface area contributed by atoms with Crippen LogP contribution in [0.5, 0.6) is 0 Å². The zero-order chi connectivity index (χ0) is 17.5. The van der Waals surface area contributed by atoms with Crippen molar-refractivity contribution in [1.29, 1.82) is 0 Å². The molecule has 1 N–H and O–H groups in total. The minimum atomic E-state index is -0.210. The third-order valence-corrected chi connectivity index (χ3v) is 4.91. The summed E-state index contributed by atoms with van der Waals surface area (Å²) in [6, 6.07) is 9.84. The molecule has 25 heavy (non-hydrogen) atoms. The fourth-order valence-electron chi connectivity index (χ4n) is 3.45. The lowest BCUT2D eigenvalue weighted by Crippen LogP contribution is -2.34. The van der Waals surface area contributed by atoms with Crippen LogP contribution in [0.4, 0.5) is 0 Å². The molecule has 1 fully saturated rings. The molecule has 5 nitrogen and oxygen atoms in total. The second-order valence-electron chi connectivity index (χ2n) is 6.81. The Kier molecular flexibility index (Phi) is 6.23. The summed E-state index contributed by atoms with van der Waals surface area (Å²) in [6.45, 7) is 3.08. The molecule has 5 heteroatoms. The number of carbonyl (C=O) groups excluding carboxylic acids is 1. The maximum atomic E-state index is 12.6. The number of hydrogen-bond acceptors (Lipinski definition) is 3. The van der Waals surface area contributed by atoms with Crippen molar-refractivity contribution in [2.75, 3.05) is 19.6 Å². The van der Waals surface area contributed by atoms with Gasteiger partial charge in [0.15, 0.2) is 0 Å². The van der Waals surface area contributed by atoms with Gasteiger partial charge in [0.25, 0.3) is 0 Å². The van der Waals surface area contributed by atoms with Crippen LogP contribution in [0.2, 0.25) is 0 Å². The molecular formula is C20H28N4O. The number of likely N-dealkylation sites (tertiary alicyclic amines) is 1.